The molecule has 4 N–H and O–H groups in total. The first-order chi connectivity index (χ1) is 6.88. The highest BCUT2D eigenvalue weighted by molar-refractivity contribution is 5.92. The van der Waals surface area contributed by atoms with E-state index >= 15 is 0 Å². The summed E-state index contributed by atoms with van der Waals surface area (Å²) in [6.07, 6.45) is 6.81. The summed E-state index contributed by atoms with van der Waals surface area (Å²) in [6, 6.07) is 0. The number of allylic oxidation sites excluding steroid dienone is 1. The molecule has 1 saturated carbocycles. The Balaban J connectivity index is 2.65. The van der Waals surface area contributed by atoms with Gasteiger partial charge < -0.3 is 11.5 Å². The van der Waals surface area contributed by atoms with Gasteiger partial charge in [0.15, 0.2) is 0 Å². The molecule has 0 heterocycles. The van der Waals surface area contributed by atoms with Crippen LogP contribution in [0.1, 0.15) is 46.5 Å². The molecule has 0 saturated heterocycles. The second-order valence-electron chi connectivity index (χ2n) is 5.33. The molecule has 3 heteroatoms. The first-order valence-electron chi connectivity index (χ1n) is 5.71. The number of nitrogens with two attached hydrogens (primary N) is 2. The maximum Gasteiger partial charge on any atom is 0.120 e. The number of hydrogen-bond acceptors (Lipinski definition) is 2. The second kappa shape index (κ2) is 4.69. The van der Waals surface area contributed by atoms with Crippen molar-refractivity contribution < 1.29 is 0 Å². The minimum absolute atomic E-state index is 0.128. The van der Waals surface area contributed by atoms with Gasteiger partial charge in [-0.3, -0.25) is 4.99 Å². The number of aliphatic imine (C=N–C) groups is 1. The van der Waals surface area contributed by atoms with Gasteiger partial charge in [-0.2, -0.15) is 0 Å². The zero-order valence-corrected chi connectivity index (χ0v) is 10.1. The number of amidine groups is 1. The third-order valence-electron chi connectivity index (χ3n) is 2.61. The summed E-state index contributed by atoms with van der Waals surface area (Å²) in [5.41, 5.74) is 12.6. The Morgan fingerprint density at radius 3 is 2.20 bits per heavy atom. The third-order valence-corrected chi connectivity index (χ3v) is 2.61. The number of hydrogen-bond donors (Lipinski definition) is 2. The van der Waals surface area contributed by atoms with Crippen LogP contribution < -0.4 is 11.5 Å². The quantitative estimate of drug-likeness (QED) is 0.541. The van der Waals surface area contributed by atoms with Crippen LogP contribution >= 0.6 is 0 Å². The van der Waals surface area contributed by atoms with E-state index in [2.05, 4.69) is 4.99 Å². The molecule has 3 nitrogen and oxygen atoms in total. The third kappa shape index (κ3) is 4.36. The minimum atomic E-state index is -0.128. The largest absolute Gasteiger partial charge is 0.402 e. The van der Waals surface area contributed by atoms with Crippen LogP contribution in [0.5, 0.6) is 0 Å². The zero-order valence-electron chi connectivity index (χ0n) is 10.1. The molecule has 1 fully saturated rings. The highest BCUT2D eigenvalue weighted by atomic mass is 14.9. The molecule has 1 aliphatic carbocycles. The van der Waals surface area contributed by atoms with Gasteiger partial charge in [0.1, 0.15) is 5.84 Å². The van der Waals surface area contributed by atoms with Gasteiger partial charge in [0.25, 0.3) is 0 Å². The fourth-order valence-electron chi connectivity index (χ4n) is 1.97. The van der Waals surface area contributed by atoms with Gasteiger partial charge in [-0.1, -0.05) is 12.8 Å². The summed E-state index contributed by atoms with van der Waals surface area (Å²) in [4.78, 5) is 4.36. The predicted molar refractivity (Wildman–Crippen MR) is 65.6 cm³/mol. The lowest BCUT2D eigenvalue weighted by Crippen LogP contribution is -2.21. The van der Waals surface area contributed by atoms with Gasteiger partial charge in [0.2, 0.25) is 0 Å². The molecule has 1 aliphatic rings. The minimum Gasteiger partial charge on any atom is -0.402 e. The fourth-order valence-corrected chi connectivity index (χ4v) is 1.97. The summed E-state index contributed by atoms with van der Waals surface area (Å²) in [6.45, 7) is 6.08. The average Bonchev–Trinajstić information content (AvgIpc) is 2.50. The molecule has 0 radical (unpaired) electrons. The number of nitrogens with zero attached hydrogens (tertiary/aromatic N) is 1. The van der Waals surface area contributed by atoms with Crippen molar-refractivity contribution in [2.45, 2.75) is 52.0 Å². The first kappa shape index (κ1) is 12.1. The molecule has 0 unspecified atom stereocenters. The van der Waals surface area contributed by atoms with Crippen molar-refractivity contribution in [3.63, 3.8) is 0 Å². The zero-order chi connectivity index (χ0) is 11.5. The van der Waals surface area contributed by atoms with E-state index in [4.69, 9.17) is 11.5 Å². The Bertz CT molecular complexity index is 265. The summed E-state index contributed by atoms with van der Waals surface area (Å²) >= 11 is 0. The van der Waals surface area contributed by atoms with Crippen LogP contribution in [0.25, 0.3) is 0 Å². The molecule has 1 rings (SSSR count). The van der Waals surface area contributed by atoms with Crippen LogP contribution in [-0.4, -0.2) is 11.4 Å². The molecule has 0 aromatic carbocycles. The molecule has 0 spiro atoms. The molecule has 0 aliphatic heterocycles. The maximum absolute atomic E-state index is 6.00. The summed E-state index contributed by atoms with van der Waals surface area (Å²) in [7, 11) is 0. The topological polar surface area (TPSA) is 64.4 Å². The van der Waals surface area contributed by atoms with E-state index in [0.29, 0.717) is 11.8 Å². The van der Waals surface area contributed by atoms with Gasteiger partial charge in [0, 0.05) is 5.70 Å². The SMILES string of the molecule is CC(C)(C)N=C(N)C=C(N)C1CCCC1. The predicted octanol–water partition coefficient (Wildman–Crippen LogP) is 2.17. The van der Waals surface area contributed by atoms with Crippen molar-refractivity contribution in [2.24, 2.45) is 22.4 Å². The van der Waals surface area contributed by atoms with Crippen LogP contribution in [0.3, 0.4) is 0 Å². The molecule has 0 aromatic rings. The van der Waals surface area contributed by atoms with Gasteiger partial charge in [-0.15, -0.1) is 0 Å². The Hall–Kier alpha value is -0.990. The fraction of sp³-hybridized carbons (Fsp3) is 0.750. The van der Waals surface area contributed by atoms with Gasteiger partial charge in [-0.25, -0.2) is 0 Å². The van der Waals surface area contributed by atoms with Crippen LogP contribution in [0, 0.1) is 5.92 Å². The lowest BCUT2D eigenvalue weighted by atomic mass is 10.0. The van der Waals surface area contributed by atoms with Crippen molar-refractivity contribution in [1.29, 1.82) is 0 Å². The molecule has 0 bridgehead atoms. The monoisotopic (exact) mass is 209 g/mol. The average molecular weight is 209 g/mol. The van der Waals surface area contributed by atoms with E-state index in [1.165, 1.54) is 25.7 Å². The van der Waals surface area contributed by atoms with Gasteiger partial charge in [-0.05, 0) is 45.6 Å². The van der Waals surface area contributed by atoms with E-state index in [0.717, 1.165) is 5.70 Å². The highest BCUT2D eigenvalue weighted by Gasteiger charge is 2.17. The molecular formula is C12H23N3. The standard InChI is InChI=1S/C12H23N3/c1-12(2,3)15-11(14)8-10(13)9-6-4-5-7-9/h8-9H,4-7,13H2,1-3H3,(H2,14,15). The summed E-state index contributed by atoms with van der Waals surface area (Å²) in [5, 5.41) is 0. The molecular weight excluding hydrogens is 186 g/mol. The molecule has 0 aromatic heterocycles. The Kier molecular flexibility index (Phi) is 3.77. The molecule has 0 atom stereocenters. The Morgan fingerprint density at radius 2 is 1.73 bits per heavy atom. The first-order valence-corrected chi connectivity index (χ1v) is 5.71. The second-order valence-corrected chi connectivity index (χ2v) is 5.33. The number of rotatable bonds is 2. The lowest BCUT2D eigenvalue weighted by Gasteiger charge is -2.13. The molecule has 0 amide bonds. The van der Waals surface area contributed by atoms with E-state index < -0.39 is 0 Å². The van der Waals surface area contributed by atoms with Crippen molar-refractivity contribution >= 4 is 5.84 Å². The van der Waals surface area contributed by atoms with Crippen LogP contribution in [0.4, 0.5) is 0 Å². The van der Waals surface area contributed by atoms with Crippen molar-refractivity contribution in [2.75, 3.05) is 0 Å². The van der Waals surface area contributed by atoms with Crippen LogP contribution in [0.15, 0.2) is 16.8 Å². The smallest absolute Gasteiger partial charge is 0.120 e. The van der Waals surface area contributed by atoms with Crippen LogP contribution in [0.2, 0.25) is 0 Å². The highest BCUT2D eigenvalue weighted by Crippen LogP contribution is 2.28. The maximum atomic E-state index is 6.00. The molecule has 86 valence electrons. The Morgan fingerprint density at radius 1 is 1.20 bits per heavy atom. The van der Waals surface area contributed by atoms with E-state index in [-0.39, 0.29) is 5.54 Å². The van der Waals surface area contributed by atoms with E-state index in [9.17, 15) is 0 Å². The summed E-state index contributed by atoms with van der Waals surface area (Å²) < 4.78 is 0. The van der Waals surface area contributed by atoms with E-state index in [1.807, 2.05) is 26.8 Å². The van der Waals surface area contributed by atoms with Crippen molar-refractivity contribution in [1.82, 2.24) is 0 Å². The van der Waals surface area contributed by atoms with Gasteiger partial charge in [0.05, 0.1) is 5.54 Å². The van der Waals surface area contributed by atoms with Crippen LogP contribution in [-0.2, 0) is 0 Å². The van der Waals surface area contributed by atoms with E-state index in [1.54, 1.807) is 0 Å². The molecule has 15 heavy (non-hydrogen) atoms. The van der Waals surface area contributed by atoms with Crippen molar-refractivity contribution in [3.8, 4) is 0 Å². The lowest BCUT2D eigenvalue weighted by molar-refractivity contribution is 0.583. The Labute approximate surface area is 92.6 Å². The normalized spacial score (nSPS) is 21.0. The van der Waals surface area contributed by atoms with Crippen molar-refractivity contribution in [3.05, 3.63) is 11.8 Å². The summed E-state index contributed by atoms with van der Waals surface area (Å²) in [5.74, 6) is 1.07. The van der Waals surface area contributed by atoms with Gasteiger partial charge >= 0.3 is 0 Å².